The molecule has 18 heavy (non-hydrogen) atoms. The Morgan fingerprint density at radius 3 is 2.78 bits per heavy atom. The number of rotatable bonds is 3. The summed E-state index contributed by atoms with van der Waals surface area (Å²) in [5.41, 5.74) is 0.123. The summed E-state index contributed by atoms with van der Waals surface area (Å²) in [6, 6.07) is 9.18. The van der Waals surface area contributed by atoms with E-state index in [1.54, 1.807) is 12.3 Å². The number of carbonyl (C=O) groups is 1. The summed E-state index contributed by atoms with van der Waals surface area (Å²) >= 11 is 0. The van der Waals surface area contributed by atoms with Gasteiger partial charge in [0.15, 0.2) is 0 Å². The van der Waals surface area contributed by atoms with Crippen LogP contribution in [0.15, 0.2) is 53.0 Å². The fourth-order valence-corrected chi connectivity index (χ4v) is 1.70. The van der Waals surface area contributed by atoms with Gasteiger partial charge >= 0.3 is 5.97 Å². The molecule has 4 heteroatoms. The molecule has 0 unspecified atom stereocenters. The summed E-state index contributed by atoms with van der Waals surface area (Å²) in [4.78, 5) is 22.8. The first-order valence-corrected chi connectivity index (χ1v) is 5.58. The number of hydrogen-bond donors (Lipinski definition) is 1. The predicted octanol–water partition coefficient (Wildman–Crippen LogP) is 2.03. The number of aliphatic carboxylic acids is 1. The average Bonchev–Trinajstić information content (AvgIpc) is 2.38. The van der Waals surface area contributed by atoms with Crippen molar-refractivity contribution < 1.29 is 9.90 Å². The maximum absolute atomic E-state index is 12.1. The lowest BCUT2D eigenvalue weighted by atomic mass is 10.2. The maximum atomic E-state index is 12.1. The molecule has 0 saturated carbocycles. The molecule has 0 aliphatic heterocycles. The van der Waals surface area contributed by atoms with E-state index in [0.717, 1.165) is 5.39 Å². The monoisotopic (exact) mass is 243 g/mol. The first-order chi connectivity index (χ1) is 8.59. The van der Waals surface area contributed by atoms with Gasteiger partial charge in [-0.25, -0.2) is 4.79 Å². The summed E-state index contributed by atoms with van der Waals surface area (Å²) in [6.45, 7) is 1.77. The summed E-state index contributed by atoms with van der Waals surface area (Å²) in [5, 5.41) is 10.3. The molecule has 4 nitrogen and oxygen atoms in total. The lowest BCUT2D eigenvalue weighted by Gasteiger charge is -2.04. The van der Waals surface area contributed by atoms with Crippen molar-refractivity contribution in [2.24, 2.45) is 0 Å². The van der Waals surface area contributed by atoms with Crippen molar-refractivity contribution in [1.29, 1.82) is 0 Å². The minimum atomic E-state index is -0.969. The molecule has 1 aromatic heterocycles. The topological polar surface area (TPSA) is 59.3 Å². The Bertz CT molecular complexity index is 683. The summed E-state index contributed by atoms with van der Waals surface area (Å²) in [5.74, 6) is -0.969. The Morgan fingerprint density at radius 2 is 2.06 bits per heavy atom. The van der Waals surface area contributed by atoms with E-state index in [1.165, 1.54) is 17.6 Å². The van der Waals surface area contributed by atoms with E-state index in [2.05, 4.69) is 0 Å². The SMILES string of the molecule is C/C(=C/Cn1ccc2ccccc2c1=O)C(=O)O. The number of nitrogens with zero attached hydrogens (tertiary/aromatic N) is 1. The van der Waals surface area contributed by atoms with Crippen LogP contribution in [0.4, 0.5) is 0 Å². The Kier molecular flexibility index (Phi) is 3.28. The molecule has 0 spiro atoms. The first-order valence-electron chi connectivity index (χ1n) is 5.58. The van der Waals surface area contributed by atoms with E-state index < -0.39 is 5.97 Å². The second kappa shape index (κ2) is 4.87. The molecule has 1 aromatic carbocycles. The molecule has 0 aliphatic carbocycles. The van der Waals surface area contributed by atoms with E-state index in [-0.39, 0.29) is 17.7 Å². The molecule has 0 aliphatic rings. The zero-order valence-electron chi connectivity index (χ0n) is 9.96. The smallest absolute Gasteiger partial charge is 0.331 e. The minimum absolute atomic E-state index is 0.109. The highest BCUT2D eigenvalue weighted by molar-refractivity contribution is 5.85. The van der Waals surface area contributed by atoms with Gasteiger partial charge in [-0.2, -0.15) is 0 Å². The molecule has 1 heterocycles. The van der Waals surface area contributed by atoms with Crippen molar-refractivity contribution in [2.75, 3.05) is 0 Å². The molecule has 0 fully saturated rings. The zero-order valence-corrected chi connectivity index (χ0v) is 9.96. The molecule has 0 atom stereocenters. The van der Waals surface area contributed by atoms with Crippen molar-refractivity contribution in [3.8, 4) is 0 Å². The fraction of sp³-hybridized carbons (Fsp3) is 0.143. The van der Waals surface area contributed by atoms with Crippen molar-refractivity contribution in [1.82, 2.24) is 4.57 Å². The van der Waals surface area contributed by atoms with Crippen molar-refractivity contribution in [3.63, 3.8) is 0 Å². The quantitative estimate of drug-likeness (QED) is 0.839. The molecule has 2 rings (SSSR count). The van der Waals surface area contributed by atoms with Crippen molar-refractivity contribution in [2.45, 2.75) is 13.5 Å². The summed E-state index contributed by atoms with van der Waals surface area (Å²) in [6.07, 6.45) is 3.20. The lowest BCUT2D eigenvalue weighted by molar-refractivity contribution is -0.132. The number of carboxylic acids is 1. The standard InChI is InChI=1S/C14H13NO3/c1-10(14(17)18)6-8-15-9-7-11-4-2-3-5-12(11)13(15)16/h2-7,9H,8H2,1H3,(H,17,18)/b10-6-. The number of benzene rings is 1. The third-order valence-electron chi connectivity index (χ3n) is 2.82. The number of pyridine rings is 1. The van der Waals surface area contributed by atoms with Crippen molar-refractivity contribution >= 4 is 16.7 Å². The average molecular weight is 243 g/mol. The second-order valence-electron chi connectivity index (χ2n) is 4.05. The predicted molar refractivity (Wildman–Crippen MR) is 69.6 cm³/mol. The van der Waals surface area contributed by atoms with E-state index in [9.17, 15) is 9.59 Å². The van der Waals surface area contributed by atoms with Gasteiger partial charge in [0, 0.05) is 23.7 Å². The number of aromatic nitrogens is 1. The van der Waals surface area contributed by atoms with E-state index >= 15 is 0 Å². The molecule has 92 valence electrons. The van der Waals surface area contributed by atoms with Crippen LogP contribution in [0.25, 0.3) is 10.8 Å². The van der Waals surface area contributed by atoms with Crippen LogP contribution < -0.4 is 5.56 Å². The highest BCUT2D eigenvalue weighted by atomic mass is 16.4. The summed E-state index contributed by atoms with van der Waals surface area (Å²) < 4.78 is 1.49. The molecule has 2 aromatic rings. The molecule has 1 N–H and O–H groups in total. The maximum Gasteiger partial charge on any atom is 0.331 e. The third-order valence-corrected chi connectivity index (χ3v) is 2.82. The fourth-order valence-electron chi connectivity index (χ4n) is 1.70. The Morgan fingerprint density at radius 1 is 1.33 bits per heavy atom. The van der Waals surface area contributed by atoms with Gasteiger partial charge in [0.25, 0.3) is 5.56 Å². The molecule has 0 radical (unpaired) electrons. The Hall–Kier alpha value is -2.36. The summed E-state index contributed by atoms with van der Waals surface area (Å²) in [7, 11) is 0. The van der Waals surface area contributed by atoms with Crippen LogP contribution in [0.5, 0.6) is 0 Å². The number of allylic oxidation sites excluding steroid dienone is 1. The van der Waals surface area contributed by atoms with Crippen LogP contribution in [-0.4, -0.2) is 15.6 Å². The number of carboxylic acid groups (broad SMARTS) is 1. The van der Waals surface area contributed by atoms with Gasteiger partial charge in [-0.1, -0.05) is 24.3 Å². The molecule has 0 saturated heterocycles. The largest absolute Gasteiger partial charge is 0.478 e. The molecule has 0 bridgehead atoms. The van der Waals surface area contributed by atoms with Gasteiger partial charge in [0.05, 0.1) is 0 Å². The first kappa shape index (κ1) is 12.1. The highest BCUT2D eigenvalue weighted by Crippen LogP contribution is 2.08. The van der Waals surface area contributed by atoms with E-state index in [4.69, 9.17) is 5.11 Å². The Labute approximate surface area is 104 Å². The van der Waals surface area contributed by atoms with Crippen LogP contribution in [0, 0.1) is 0 Å². The van der Waals surface area contributed by atoms with Gasteiger partial charge < -0.3 is 9.67 Å². The lowest BCUT2D eigenvalue weighted by Crippen LogP contribution is -2.19. The van der Waals surface area contributed by atoms with Gasteiger partial charge in [-0.05, 0) is 24.4 Å². The van der Waals surface area contributed by atoms with Gasteiger partial charge in [0.2, 0.25) is 0 Å². The van der Waals surface area contributed by atoms with Gasteiger partial charge in [-0.3, -0.25) is 4.79 Å². The zero-order chi connectivity index (χ0) is 13.1. The van der Waals surface area contributed by atoms with E-state index in [1.807, 2.05) is 24.3 Å². The normalized spacial score (nSPS) is 11.7. The minimum Gasteiger partial charge on any atom is -0.478 e. The molecule has 0 amide bonds. The number of hydrogen-bond acceptors (Lipinski definition) is 2. The van der Waals surface area contributed by atoms with Crippen LogP contribution in [0.1, 0.15) is 6.92 Å². The van der Waals surface area contributed by atoms with Crippen LogP contribution >= 0.6 is 0 Å². The van der Waals surface area contributed by atoms with Gasteiger partial charge in [-0.15, -0.1) is 0 Å². The molecular weight excluding hydrogens is 230 g/mol. The second-order valence-corrected chi connectivity index (χ2v) is 4.05. The molecular formula is C14H13NO3. The number of fused-ring (bicyclic) bond motifs is 1. The van der Waals surface area contributed by atoms with E-state index in [0.29, 0.717) is 5.39 Å². The van der Waals surface area contributed by atoms with Crippen LogP contribution in [-0.2, 0) is 11.3 Å². The van der Waals surface area contributed by atoms with Gasteiger partial charge in [0.1, 0.15) is 0 Å². The third kappa shape index (κ3) is 2.32. The van der Waals surface area contributed by atoms with Crippen LogP contribution in [0.2, 0.25) is 0 Å². The highest BCUT2D eigenvalue weighted by Gasteiger charge is 2.02. The van der Waals surface area contributed by atoms with Crippen molar-refractivity contribution in [3.05, 3.63) is 58.5 Å². The Balaban J connectivity index is 2.42. The van der Waals surface area contributed by atoms with Crippen LogP contribution in [0.3, 0.4) is 0 Å².